The van der Waals surface area contributed by atoms with Gasteiger partial charge in [0, 0.05) is 20.2 Å². The van der Waals surface area contributed by atoms with Crippen LogP contribution in [0.3, 0.4) is 0 Å². The van der Waals surface area contributed by atoms with Crippen molar-refractivity contribution in [3.05, 3.63) is 11.7 Å². The van der Waals surface area contributed by atoms with Crippen molar-refractivity contribution in [2.45, 2.75) is 46.8 Å². The zero-order valence-electron chi connectivity index (χ0n) is 13.6. The topological polar surface area (TPSA) is 84.6 Å². The summed E-state index contributed by atoms with van der Waals surface area (Å²) in [5.74, 6) is 2.39. The Bertz CT molecular complexity index is 431. The van der Waals surface area contributed by atoms with Crippen molar-refractivity contribution >= 4 is 5.96 Å². The summed E-state index contributed by atoms with van der Waals surface area (Å²) < 4.78 is 10.8. The normalized spacial score (nSPS) is 13.5. The molecule has 0 spiro atoms. The molecule has 0 aliphatic carbocycles. The minimum absolute atomic E-state index is 0.263. The third-order valence-electron chi connectivity index (χ3n) is 3.05. The zero-order valence-corrected chi connectivity index (χ0v) is 13.6. The quantitative estimate of drug-likeness (QED) is 0.559. The molecule has 0 saturated carbocycles. The lowest BCUT2D eigenvalue weighted by Gasteiger charge is -2.21. The van der Waals surface area contributed by atoms with E-state index in [1.165, 1.54) is 0 Å². The van der Waals surface area contributed by atoms with E-state index in [1.807, 2.05) is 6.92 Å². The second-order valence-electron chi connectivity index (χ2n) is 5.11. The van der Waals surface area contributed by atoms with E-state index in [2.05, 4.69) is 39.6 Å². The van der Waals surface area contributed by atoms with Gasteiger partial charge in [0.2, 0.25) is 5.89 Å². The molecular weight excluding hydrogens is 270 g/mol. The fourth-order valence-corrected chi connectivity index (χ4v) is 1.95. The van der Waals surface area contributed by atoms with E-state index in [9.17, 15) is 0 Å². The summed E-state index contributed by atoms with van der Waals surface area (Å²) in [6, 6.07) is 0. The Hall–Kier alpha value is -1.63. The van der Waals surface area contributed by atoms with Crippen LogP contribution >= 0.6 is 0 Å². The molecule has 0 aliphatic rings. The minimum Gasteiger partial charge on any atom is -0.378 e. The minimum atomic E-state index is 0.263. The Labute approximate surface area is 126 Å². The highest BCUT2D eigenvalue weighted by molar-refractivity contribution is 5.79. The number of aromatic nitrogens is 2. The molecule has 21 heavy (non-hydrogen) atoms. The Morgan fingerprint density at radius 2 is 2.14 bits per heavy atom. The molecule has 7 heteroatoms. The fourth-order valence-electron chi connectivity index (χ4n) is 1.95. The molecule has 0 aromatic carbocycles. The highest BCUT2D eigenvalue weighted by atomic mass is 16.5. The summed E-state index contributed by atoms with van der Waals surface area (Å²) in [7, 11) is 1.73. The van der Waals surface area contributed by atoms with E-state index in [4.69, 9.17) is 9.26 Å². The van der Waals surface area contributed by atoms with Crippen molar-refractivity contribution in [1.29, 1.82) is 0 Å². The van der Waals surface area contributed by atoms with Crippen LogP contribution in [0.25, 0.3) is 0 Å². The van der Waals surface area contributed by atoms with Crippen LogP contribution in [-0.2, 0) is 11.3 Å². The molecular formula is C14H27N5O2. The lowest BCUT2D eigenvalue weighted by molar-refractivity contribution is 0.0258. The molecule has 1 aromatic rings. The first-order chi connectivity index (χ1) is 10.1. The van der Waals surface area contributed by atoms with Gasteiger partial charge in [0.05, 0.1) is 12.6 Å². The highest BCUT2D eigenvalue weighted by Gasteiger charge is 2.13. The molecule has 0 fully saturated rings. The third-order valence-corrected chi connectivity index (χ3v) is 3.05. The maximum Gasteiger partial charge on any atom is 0.246 e. The molecule has 2 N–H and O–H groups in total. The summed E-state index contributed by atoms with van der Waals surface area (Å²) in [6.45, 7) is 10.2. The standard InChI is InChI=1S/C14H27N5O2/c1-6-20-12(10(2)3)7-8-16-14(15-5)17-9-13-18-11(4)19-21-13/h10,12H,6-9H2,1-5H3,(H2,15,16,17). The lowest BCUT2D eigenvalue weighted by Crippen LogP contribution is -2.39. The predicted molar refractivity (Wildman–Crippen MR) is 82.1 cm³/mol. The average Bonchev–Trinajstić information content (AvgIpc) is 2.86. The van der Waals surface area contributed by atoms with Gasteiger partial charge in [-0.1, -0.05) is 19.0 Å². The maximum atomic E-state index is 5.72. The van der Waals surface area contributed by atoms with Crippen LogP contribution in [0.4, 0.5) is 0 Å². The summed E-state index contributed by atoms with van der Waals surface area (Å²) in [4.78, 5) is 8.29. The number of hydrogen-bond acceptors (Lipinski definition) is 5. The van der Waals surface area contributed by atoms with E-state index in [1.54, 1.807) is 14.0 Å². The van der Waals surface area contributed by atoms with Gasteiger partial charge in [-0.3, -0.25) is 4.99 Å². The van der Waals surface area contributed by atoms with Crippen molar-refractivity contribution in [3.63, 3.8) is 0 Å². The van der Waals surface area contributed by atoms with Crippen LogP contribution in [0.5, 0.6) is 0 Å². The van der Waals surface area contributed by atoms with Crippen molar-refractivity contribution in [2.75, 3.05) is 20.2 Å². The molecule has 0 bridgehead atoms. The average molecular weight is 297 g/mol. The monoisotopic (exact) mass is 297 g/mol. The van der Waals surface area contributed by atoms with E-state index >= 15 is 0 Å². The summed E-state index contributed by atoms with van der Waals surface area (Å²) in [5, 5.41) is 10.1. The van der Waals surface area contributed by atoms with Crippen LogP contribution in [-0.4, -0.2) is 42.4 Å². The second kappa shape index (κ2) is 9.33. The number of nitrogens with zero attached hydrogens (tertiary/aromatic N) is 3. The number of ether oxygens (including phenoxy) is 1. The molecule has 1 rings (SSSR count). The molecule has 7 nitrogen and oxygen atoms in total. The van der Waals surface area contributed by atoms with Crippen LogP contribution in [0.15, 0.2) is 9.52 Å². The summed E-state index contributed by atoms with van der Waals surface area (Å²) in [6.07, 6.45) is 1.20. The molecule has 0 saturated heterocycles. The Balaban J connectivity index is 2.31. The Morgan fingerprint density at radius 3 is 2.67 bits per heavy atom. The molecule has 0 aliphatic heterocycles. The molecule has 1 atom stereocenters. The first-order valence-electron chi connectivity index (χ1n) is 7.42. The van der Waals surface area contributed by atoms with E-state index in [0.717, 1.165) is 19.6 Å². The van der Waals surface area contributed by atoms with Gasteiger partial charge >= 0.3 is 0 Å². The molecule has 0 amide bonds. The van der Waals surface area contributed by atoms with E-state index < -0.39 is 0 Å². The molecule has 1 heterocycles. The van der Waals surface area contributed by atoms with Gasteiger partial charge in [0.1, 0.15) is 0 Å². The number of aliphatic imine (C=N–C) groups is 1. The highest BCUT2D eigenvalue weighted by Crippen LogP contribution is 2.09. The summed E-state index contributed by atoms with van der Waals surface area (Å²) in [5.41, 5.74) is 0. The lowest BCUT2D eigenvalue weighted by atomic mass is 10.0. The van der Waals surface area contributed by atoms with Crippen molar-refractivity contribution < 1.29 is 9.26 Å². The fraction of sp³-hybridized carbons (Fsp3) is 0.786. The van der Waals surface area contributed by atoms with Gasteiger partial charge in [0.25, 0.3) is 0 Å². The van der Waals surface area contributed by atoms with Crippen LogP contribution < -0.4 is 10.6 Å². The van der Waals surface area contributed by atoms with Gasteiger partial charge in [-0.05, 0) is 26.2 Å². The van der Waals surface area contributed by atoms with Gasteiger partial charge in [-0.2, -0.15) is 4.98 Å². The molecule has 1 unspecified atom stereocenters. The van der Waals surface area contributed by atoms with Crippen LogP contribution in [0, 0.1) is 12.8 Å². The second-order valence-corrected chi connectivity index (χ2v) is 5.11. The number of aryl methyl sites for hydroxylation is 1. The predicted octanol–water partition coefficient (Wildman–Crippen LogP) is 1.49. The molecule has 1 aromatic heterocycles. The van der Waals surface area contributed by atoms with Gasteiger partial charge in [-0.15, -0.1) is 0 Å². The first kappa shape index (κ1) is 17.4. The molecule has 0 radical (unpaired) electrons. The number of hydrogen-bond donors (Lipinski definition) is 2. The van der Waals surface area contributed by atoms with Crippen molar-refractivity contribution in [2.24, 2.45) is 10.9 Å². The number of guanidine groups is 1. The Morgan fingerprint density at radius 1 is 1.38 bits per heavy atom. The first-order valence-corrected chi connectivity index (χ1v) is 7.42. The number of nitrogens with one attached hydrogen (secondary N) is 2. The molecule has 120 valence electrons. The van der Waals surface area contributed by atoms with Crippen LogP contribution in [0.1, 0.15) is 38.9 Å². The SMILES string of the molecule is CCOC(CCNC(=NC)NCc1nc(C)no1)C(C)C. The van der Waals surface area contributed by atoms with E-state index in [-0.39, 0.29) is 6.10 Å². The van der Waals surface area contributed by atoms with E-state index in [0.29, 0.717) is 30.1 Å². The van der Waals surface area contributed by atoms with Crippen molar-refractivity contribution in [1.82, 2.24) is 20.8 Å². The Kier molecular flexibility index (Phi) is 7.74. The zero-order chi connectivity index (χ0) is 15.7. The maximum absolute atomic E-state index is 5.72. The third kappa shape index (κ3) is 6.57. The van der Waals surface area contributed by atoms with Crippen molar-refractivity contribution in [3.8, 4) is 0 Å². The van der Waals surface area contributed by atoms with Gasteiger partial charge in [0.15, 0.2) is 11.8 Å². The smallest absolute Gasteiger partial charge is 0.246 e. The summed E-state index contributed by atoms with van der Waals surface area (Å²) >= 11 is 0. The van der Waals surface area contributed by atoms with Crippen LogP contribution in [0.2, 0.25) is 0 Å². The number of rotatable bonds is 8. The van der Waals surface area contributed by atoms with Gasteiger partial charge < -0.3 is 19.9 Å². The largest absolute Gasteiger partial charge is 0.378 e. The van der Waals surface area contributed by atoms with Gasteiger partial charge in [-0.25, -0.2) is 0 Å².